The Bertz CT molecular complexity index is 547. The van der Waals surface area contributed by atoms with Crippen molar-refractivity contribution < 1.29 is 9.26 Å². The van der Waals surface area contributed by atoms with E-state index in [1.165, 1.54) is 12.0 Å². The number of benzene rings is 1. The van der Waals surface area contributed by atoms with Crippen LogP contribution in [-0.4, -0.2) is 23.9 Å². The molecule has 106 valence electrons. The van der Waals surface area contributed by atoms with Gasteiger partial charge in [0.05, 0.1) is 5.41 Å². The van der Waals surface area contributed by atoms with Crippen molar-refractivity contribution in [3.8, 4) is 0 Å². The normalized spacial score (nSPS) is 16.9. The minimum absolute atomic E-state index is 0.0674. The Morgan fingerprint density at radius 3 is 2.70 bits per heavy atom. The molecule has 0 spiro atoms. The van der Waals surface area contributed by atoms with Gasteiger partial charge in [-0.3, -0.25) is 0 Å². The summed E-state index contributed by atoms with van der Waals surface area (Å²) in [7, 11) is 1.74. The van der Waals surface area contributed by atoms with Crippen molar-refractivity contribution in [1.82, 2.24) is 10.1 Å². The zero-order valence-electron chi connectivity index (χ0n) is 11.8. The Kier molecular flexibility index (Phi) is 3.83. The standard InChI is InChI=1S/C16H20N2O2/c1-19-11-10-16(8-5-9-16)15-17-14(18-20-15)12-13-6-3-2-4-7-13/h2-4,6-7H,5,8-12H2,1H3. The molecule has 4 heteroatoms. The summed E-state index contributed by atoms with van der Waals surface area (Å²) in [5, 5.41) is 4.14. The highest BCUT2D eigenvalue weighted by Crippen LogP contribution is 2.45. The third-order valence-corrected chi connectivity index (χ3v) is 4.22. The molecule has 0 saturated heterocycles. The predicted octanol–water partition coefficient (Wildman–Crippen LogP) is 3.12. The molecule has 0 bridgehead atoms. The third-order valence-electron chi connectivity index (χ3n) is 4.22. The van der Waals surface area contributed by atoms with E-state index in [4.69, 9.17) is 9.26 Å². The number of methoxy groups -OCH3 is 1. The first-order valence-corrected chi connectivity index (χ1v) is 7.18. The molecule has 20 heavy (non-hydrogen) atoms. The molecule has 4 nitrogen and oxygen atoms in total. The number of hydrogen-bond donors (Lipinski definition) is 0. The molecular weight excluding hydrogens is 252 g/mol. The van der Waals surface area contributed by atoms with Crippen LogP contribution in [0.4, 0.5) is 0 Å². The summed E-state index contributed by atoms with van der Waals surface area (Å²) >= 11 is 0. The second kappa shape index (κ2) is 5.75. The summed E-state index contributed by atoms with van der Waals surface area (Å²) in [6.45, 7) is 0.746. The summed E-state index contributed by atoms with van der Waals surface area (Å²) in [4.78, 5) is 4.62. The first kappa shape index (κ1) is 13.3. The Balaban J connectivity index is 1.73. The maximum Gasteiger partial charge on any atom is 0.232 e. The second-order valence-electron chi connectivity index (χ2n) is 5.55. The van der Waals surface area contributed by atoms with Gasteiger partial charge in [-0.15, -0.1) is 0 Å². The summed E-state index contributed by atoms with van der Waals surface area (Å²) in [6.07, 6.45) is 5.19. The monoisotopic (exact) mass is 272 g/mol. The van der Waals surface area contributed by atoms with Crippen LogP contribution in [-0.2, 0) is 16.6 Å². The Morgan fingerprint density at radius 1 is 1.25 bits per heavy atom. The number of ether oxygens (including phenoxy) is 1. The van der Waals surface area contributed by atoms with Crippen molar-refractivity contribution in [1.29, 1.82) is 0 Å². The van der Waals surface area contributed by atoms with Gasteiger partial charge in [-0.1, -0.05) is 41.9 Å². The molecule has 0 radical (unpaired) electrons. The van der Waals surface area contributed by atoms with Crippen LogP contribution >= 0.6 is 0 Å². The lowest BCUT2D eigenvalue weighted by Gasteiger charge is -2.38. The Morgan fingerprint density at radius 2 is 2.05 bits per heavy atom. The number of nitrogens with zero attached hydrogens (tertiary/aromatic N) is 2. The van der Waals surface area contributed by atoms with Crippen molar-refractivity contribution >= 4 is 0 Å². The van der Waals surface area contributed by atoms with Crippen LogP contribution in [0.25, 0.3) is 0 Å². The van der Waals surface area contributed by atoms with Gasteiger partial charge in [0.2, 0.25) is 5.89 Å². The molecular formula is C16H20N2O2. The van der Waals surface area contributed by atoms with E-state index in [1.807, 2.05) is 18.2 Å². The van der Waals surface area contributed by atoms with E-state index in [0.29, 0.717) is 0 Å². The third kappa shape index (κ3) is 2.61. The topological polar surface area (TPSA) is 48.2 Å². The van der Waals surface area contributed by atoms with E-state index in [9.17, 15) is 0 Å². The van der Waals surface area contributed by atoms with Gasteiger partial charge >= 0.3 is 0 Å². The fraction of sp³-hybridized carbons (Fsp3) is 0.500. The van der Waals surface area contributed by atoms with Gasteiger partial charge in [-0.2, -0.15) is 4.98 Å². The summed E-state index contributed by atoms with van der Waals surface area (Å²) in [5.41, 5.74) is 1.28. The molecule has 3 rings (SSSR count). The molecule has 1 saturated carbocycles. The smallest absolute Gasteiger partial charge is 0.232 e. The lowest BCUT2D eigenvalue weighted by atomic mass is 9.66. The van der Waals surface area contributed by atoms with Crippen molar-refractivity contribution in [2.75, 3.05) is 13.7 Å². The molecule has 0 unspecified atom stereocenters. The van der Waals surface area contributed by atoms with Gasteiger partial charge in [0.1, 0.15) is 0 Å². The fourth-order valence-electron chi connectivity index (χ4n) is 2.79. The molecule has 1 fully saturated rings. The molecule has 1 aliphatic rings. The summed E-state index contributed by atoms with van der Waals surface area (Å²) in [6, 6.07) is 10.2. The molecule has 0 amide bonds. The lowest BCUT2D eigenvalue weighted by Crippen LogP contribution is -2.35. The highest BCUT2D eigenvalue weighted by molar-refractivity contribution is 5.19. The van der Waals surface area contributed by atoms with Gasteiger partial charge in [0.25, 0.3) is 0 Å². The van der Waals surface area contributed by atoms with Crippen LogP contribution < -0.4 is 0 Å². The van der Waals surface area contributed by atoms with Crippen molar-refractivity contribution in [3.63, 3.8) is 0 Å². The van der Waals surface area contributed by atoms with Gasteiger partial charge in [0.15, 0.2) is 5.82 Å². The molecule has 1 aromatic heterocycles. The van der Waals surface area contributed by atoms with Crippen LogP contribution in [0.3, 0.4) is 0 Å². The van der Waals surface area contributed by atoms with Crippen LogP contribution in [0.5, 0.6) is 0 Å². The first-order valence-electron chi connectivity index (χ1n) is 7.18. The SMILES string of the molecule is COCCC1(c2nc(Cc3ccccc3)no2)CCC1. The molecule has 2 aromatic rings. The van der Waals surface area contributed by atoms with Crippen molar-refractivity contribution in [3.05, 3.63) is 47.6 Å². The van der Waals surface area contributed by atoms with Gasteiger partial charge < -0.3 is 9.26 Å². The minimum atomic E-state index is 0.0674. The highest BCUT2D eigenvalue weighted by atomic mass is 16.5. The van der Waals surface area contributed by atoms with Gasteiger partial charge in [-0.05, 0) is 24.8 Å². The number of hydrogen-bond acceptors (Lipinski definition) is 4. The zero-order chi connectivity index (χ0) is 13.8. The highest BCUT2D eigenvalue weighted by Gasteiger charge is 2.43. The molecule has 1 aromatic carbocycles. The maximum absolute atomic E-state index is 5.52. The number of rotatable bonds is 6. The second-order valence-corrected chi connectivity index (χ2v) is 5.55. The van der Waals surface area contributed by atoms with Crippen LogP contribution in [0.2, 0.25) is 0 Å². The average Bonchev–Trinajstić information content (AvgIpc) is 2.88. The fourth-order valence-corrected chi connectivity index (χ4v) is 2.79. The molecule has 0 aliphatic heterocycles. The van der Waals surface area contributed by atoms with Crippen LogP contribution in [0.1, 0.15) is 43.0 Å². The van der Waals surface area contributed by atoms with Crippen molar-refractivity contribution in [2.45, 2.75) is 37.5 Å². The van der Waals surface area contributed by atoms with E-state index in [2.05, 4.69) is 22.3 Å². The summed E-state index contributed by atoms with van der Waals surface area (Å²) in [5.74, 6) is 1.57. The zero-order valence-corrected chi connectivity index (χ0v) is 11.8. The molecule has 0 N–H and O–H groups in total. The van der Waals surface area contributed by atoms with E-state index < -0.39 is 0 Å². The van der Waals surface area contributed by atoms with Gasteiger partial charge in [-0.25, -0.2) is 0 Å². The van der Waals surface area contributed by atoms with E-state index >= 15 is 0 Å². The van der Waals surface area contributed by atoms with Crippen LogP contribution in [0, 0.1) is 0 Å². The van der Waals surface area contributed by atoms with Crippen LogP contribution in [0.15, 0.2) is 34.9 Å². The Hall–Kier alpha value is -1.68. The molecule has 0 atom stereocenters. The first-order chi connectivity index (χ1) is 9.82. The lowest BCUT2D eigenvalue weighted by molar-refractivity contribution is 0.104. The Labute approximate surface area is 119 Å². The van der Waals surface area contributed by atoms with Crippen molar-refractivity contribution in [2.24, 2.45) is 0 Å². The maximum atomic E-state index is 5.52. The molecule has 1 aliphatic carbocycles. The van der Waals surface area contributed by atoms with E-state index in [-0.39, 0.29) is 5.41 Å². The van der Waals surface area contributed by atoms with Gasteiger partial charge in [0, 0.05) is 20.1 Å². The van der Waals surface area contributed by atoms with E-state index in [0.717, 1.165) is 44.0 Å². The predicted molar refractivity (Wildman–Crippen MR) is 75.6 cm³/mol. The molecule has 1 heterocycles. The minimum Gasteiger partial charge on any atom is -0.385 e. The van der Waals surface area contributed by atoms with E-state index in [1.54, 1.807) is 7.11 Å². The average molecular weight is 272 g/mol. The summed E-state index contributed by atoms with van der Waals surface area (Å²) < 4.78 is 10.7. The quantitative estimate of drug-likeness (QED) is 0.810. The largest absolute Gasteiger partial charge is 0.385 e. The number of aromatic nitrogens is 2.